The minimum Gasteiger partial charge on any atom is -0.332 e. The Morgan fingerprint density at radius 1 is 1.35 bits per heavy atom. The van der Waals surface area contributed by atoms with E-state index in [1.165, 1.54) is 36.0 Å². The highest BCUT2D eigenvalue weighted by atomic mass is 32.2. The molecule has 1 atom stereocenters. The van der Waals surface area contributed by atoms with E-state index < -0.39 is 0 Å². The summed E-state index contributed by atoms with van der Waals surface area (Å²) in [6.45, 7) is 1.93. The van der Waals surface area contributed by atoms with E-state index in [9.17, 15) is 9.18 Å². The number of aromatic nitrogens is 3. The summed E-state index contributed by atoms with van der Waals surface area (Å²) in [5.41, 5.74) is 2.04. The molecule has 0 saturated heterocycles. The van der Waals surface area contributed by atoms with E-state index in [0.29, 0.717) is 22.9 Å². The van der Waals surface area contributed by atoms with E-state index in [4.69, 9.17) is 0 Å². The number of anilines is 1. The van der Waals surface area contributed by atoms with Crippen molar-refractivity contribution in [3.63, 3.8) is 0 Å². The second-order valence-corrected chi connectivity index (χ2v) is 6.12. The van der Waals surface area contributed by atoms with Crippen LogP contribution in [0.2, 0.25) is 0 Å². The van der Waals surface area contributed by atoms with E-state index in [1.54, 1.807) is 6.20 Å². The van der Waals surface area contributed by atoms with Crippen LogP contribution in [-0.4, -0.2) is 26.1 Å². The van der Waals surface area contributed by atoms with Gasteiger partial charge in [0.2, 0.25) is 5.91 Å². The van der Waals surface area contributed by atoms with Gasteiger partial charge < -0.3 is 10.3 Å². The number of H-pyrrole nitrogens is 1. The van der Waals surface area contributed by atoms with Crippen molar-refractivity contribution in [1.82, 2.24) is 15.0 Å². The minimum absolute atomic E-state index is 0.141. The van der Waals surface area contributed by atoms with Gasteiger partial charge in [0.15, 0.2) is 10.8 Å². The second kappa shape index (κ2) is 6.78. The molecule has 0 aliphatic heterocycles. The summed E-state index contributed by atoms with van der Waals surface area (Å²) in [6.07, 6.45) is 2.32. The summed E-state index contributed by atoms with van der Waals surface area (Å²) in [4.78, 5) is 24.0. The first-order chi connectivity index (χ1) is 11.2. The number of hydrogen-bond donors (Lipinski definition) is 2. The van der Waals surface area contributed by atoms with Gasteiger partial charge >= 0.3 is 0 Å². The third-order valence-corrected chi connectivity index (χ3v) is 4.51. The molecule has 0 bridgehead atoms. The number of nitrogens with zero attached hydrogens (tertiary/aromatic N) is 2. The van der Waals surface area contributed by atoms with E-state index in [0.717, 1.165) is 5.52 Å². The molecule has 2 aromatic heterocycles. The summed E-state index contributed by atoms with van der Waals surface area (Å²) >= 11 is 1.35. The molecule has 5 nitrogen and oxygen atoms in total. The molecule has 1 amide bonds. The van der Waals surface area contributed by atoms with Crippen LogP contribution in [0.25, 0.3) is 11.2 Å². The van der Waals surface area contributed by atoms with Crippen molar-refractivity contribution in [1.29, 1.82) is 0 Å². The zero-order valence-corrected chi connectivity index (χ0v) is 13.2. The molecule has 0 radical (unpaired) electrons. The maximum absolute atomic E-state index is 12.9. The molecule has 0 saturated carbocycles. The molecular formula is C16H15FN4OS. The number of benzene rings is 1. The Balaban J connectivity index is 1.71. The number of carbonyl (C=O) groups is 1. The molecule has 0 aliphatic carbocycles. The fourth-order valence-corrected chi connectivity index (χ4v) is 3.00. The molecule has 1 unspecified atom stereocenters. The van der Waals surface area contributed by atoms with Crippen LogP contribution in [0.1, 0.15) is 13.3 Å². The van der Waals surface area contributed by atoms with Gasteiger partial charge in [-0.05, 0) is 42.8 Å². The number of imidazole rings is 1. The van der Waals surface area contributed by atoms with Crippen molar-refractivity contribution in [2.45, 2.75) is 23.8 Å². The zero-order chi connectivity index (χ0) is 16.2. The highest BCUT2D eigenvalue weighted by molar-refractivity contribution is 8.00. The van der Waals surface area contributed by atoms with Gasteiger partial charge in [0.1, 0.15) is 5.82 Å². The zero-order valence-electron chi connectivity index (χ0n) is 12.4. The number of amides is 1. The number of pyridine rings is 1. The molecule has 0 spiro atoms. The van der Waals surface area contributed by atoms with Crippen LogP contribution >= 0.6 is 11.8 Å². The van der Waals surface area contributed by atoms with Gasteiger partial charge in [-0.25, -0.2) is 14.4 Å². The van der Waals surface area contributed by atoms with Crippen molar-refractivity contribution in [2.24, 2.45) is 0 Å². The number of aromatic amines is 1. The van der Waals surface area contributed by atoms with E-state index in [2.05, 4.69) is 20.3 Å². The average molecular weight is 330 g/mol. The number of fused-ring (bicyclic) bond motifs is 1. The SMILES string of the molecule is CCC(Sc1nc2ncccc2[nH]1)C(=O)Nc1ccc(F)cc1. The molecule has 0 aliphatic rings. The lowest BCUT2D eigenvalue weighted by molar-refractivity contribution is -0.115. The van der Waals surface area contributed by atoms with Crippen LogP contribution in [0, 0.1) is 5.82 Å². The van der Waals surface area contributed by atoms with Gasteiger partial charge in [-0.1, -0.05) is 18.7 Å². The highest BCUT2D eigenvalue weighted by Crippen LogP contribution is 2.25. The largest absolute Gasteiger partial charge is 0.332 e. The first-order valence-electron chi connectivity index (χ1n) is 7.19. The Labute approximate surface area is 136 Å². The number of nitrogens with one attached hydrogen (secondary N) is 2. The average Bonchev–Trinajstić information content (AvgIpc) is 2.97. The Morgan fingerprint density at radius 2 is 2.13 bits per heavy atom. The fraction of sp³-hybridized carbons (Fsp3) is 0.188. The maximum atomic E-state index is 12.9. The topological polar surface area (TPSA) is 70.7 Å². The van der Waals surface area contributed by atoms with Crippen LogP contribution < -0.4 is 5.32 Å². The first-order valence-corrected chi connectivity index (χ1v) is 8.07. The third kappa shape index (κ3) is 3.68. The molecule has 23 heavy (non-hydrogen) atoms. The summed E-state index contributed by atoms with van der Waals surface area (Å²) in [5, 5.41) is 3.14. The summed E-state index contributed by atoms with van der Waals surface area (Å²) in [6, 6.07) is 9.42. The summed E-state index contributed by atoms with van der Waals surface area (Å²) in [7, 11) is 0. The van der Waals surface area contributed by atoms with Crippen molar-refractivity contribution < 1.29 is 9.18 Å². The third-order valence-electron chi connectivity index (χ3n) is 3.26. The maximum Gasteiger partial charge on any atom is 0.237 e. The van der Waals surface area contributed by atoms with Gasteiger partial charge in [0, 0.05) is 11.9 Å². The molecule has 1 aromatic carbocycles. The van der Waals surface area contributed by atoms with Crippen LogP contribution in [0.3, 0.4) is 0 Å². The predicted octanol–water partition coefficient (Wildman–Crippen LogP) is 3.61. The number of thioether (sulfide) groups is 1. The molecular weight excluding hydrogens is 315 g/mol. The Bertz CT molecular complexity index is 785. The minimum atomic E-state index is -0.334. The van der Waals surface area contributed by atoms with Crippen molar-refractivity contribution >= 4 is 34.5 Å². The van der Waals surface area contributed by atoms with Crippen LogP contribution in [-0.2, 0) is 4.79 Å². The van der Waals surface area contributed by atoms with Crippen molar-refractivity contribution in [3.8, 4) is 0 Å². The normalized spacial score (nSPS) is 12.3. The van der Waals surface area contributed by atoms with Crippen LogP contribution in [0.15, 0.2) is 47.8 Å². The first kappa shape index (κ1) is 15.5. The Morgan fingerprint density at radius 3 is 2.83 bits per heavy atom. The van der Waals surface area contributed by atoms with Gasteiger partial charge in [-0.15, -0.1) is 0 Å². The Hall–Kier alpha value is -2.41. The van der Waals surface area contributed by atoms with Crippen LogP contribution in [0.5, 0.6) is 0 Å². The lowest BCUT2D eigenvalue weighted by Gasteiger charge is -2.13. The molecule has 2 heterocycles. The van der Waals surface area contributed by atoms with Gasteiger partial charge in [0.05, 0.1) is 10.8 Å². The Kier molecular flexibility index (Phi) is 4.57. The lowest BCUT2D eigenvalue weighted by atomic mass is 10.2. The fourth-order valence-electron chi connectivity index (χ4n) is 2.09. The molecule has 2 N–H and O–H groups in total. The van der Waals surface area contributed by atoms with Crippen LogP contribution in [0.4, 0.5) is 10.1 Å². The van der Waals surface area contributed by atoms with Gasteiger partial charge in [0.25, 0.3) is 0 Å². The number of carbonyl (C=O) groups excluding carboxylic acids is 1. The van der Waals surface area contributed by atoms with Crippen molar-refractivity contribution in [3.05, 3.63) is 48.4 Å². The number of halogens is 1. The predicted molar refractivity (Wildman–Crippen MR) is 88.9 cm³/mol. The lowest BCUT2D eigenvalue weighted by Crippen LogP contribution is -2.24. The van der Waals surface area contributed by atoms with E-state index in [1.807, 2.05) is 19.1 Å². The van der Waals surface area contributed by atoms with Gasteiger partial charge in [-0.3, -0.25) is 4.79 Å². The molecule has 0 fully saturated rings. The smallest absolute Gasteiger partial charge is 0.237 e. The quantitative estimate of drug-likeness (QED) is 0.701. The second-order valence-electron chi connectivity index (χ2n) is 4.93. The van der Waals surface area contributed by atoms with Gasteiger partial charge in [-0.2, -0.15) is 0 Å². The molecule has 3 aromatic rings. The standard InChI is InChI=1S/C16H15FN4OS/c1-2-13(15(22)19-11-7-5-10(17)6-8-11)23-16-20-12-4-3-9-18-14(12)21-16/h3-9,13H,2H2,1H3,(H,19,22)(H,18,20,21). The number of hydrogen-bond acceptors (Lipinski definition) is 4. The van der Waals surface area contributed by atoms with Crippen molar-refractivity contribution in [2.75, 3.05) is 5.32 Å². The molecule has 3 rings (SSSR count). The van der Waals surface area contributed by atoms with E-state index in [-0.39, 0.29) is 17.0 Å². The molecule has 7 heteroatoms. The van der Waals surface area contributed by atoms with E-state index >= 15 is 0 Å². The number of rotatable bonds is 5. The highest BCUT2D eigenvalue weighted by Gasteiger charge is 2.20. The monoisotopic (exact) mass is 330 g/mol. The summed E-state index contributed by atoms with van der Waals surface area (Å²) in [5.74, 6) is -0.475. The molecule has 118 valence electrons. The summed E-state index contributed by atoms with van der Waals surface area (Å²) < 4.78 is 12.9.